The lowest BCUT2D eigenvalue weighted by molar-refractivity contribution is 0.0712. The molecule has 10 nitrogen and oxygen atoms in total. The SMILES string of the molecule is CCCCCCCCCCCCCCOc1ccc(OC(=O)c2ccc(OC(=O)c3cccc(OC(=O)c4ccc(OC(=O)c5ccc(OCCCCCCCCCCCCCC)cc5)cc4)c3)cc2)cc1. The highest BCUT2D eigenvalue weighted by atomic mass is 16.5. The summed E-state index contributed by atoms with van der Waals surface area (Å²) in [5.74, 6) is -0.0514. The van der Waals surface area contributed by atoms with Crippen molar-refractivity contribution in [2.45, 2.75) is 168 Å². The highest BCUT2D eigenvalue weighted by Crippen LogP contribution is 2.24. The number of ether oxygens (including phenoxy) is 6. The van der Waals surface area contributed by atoms with Gasteiger partial charge < -0.3 is 28.4 Å². The Morgan fingerprint density at radius 1 is 0.278 bits per heavy atom. The molecule has 0 aliphatic carbocycles. The second-order valence-corrected chi connectivity index (χ2v) is 18.6. The lowest BCUT2D eigenvalue weighted by Gasteiger charge is -2.09. The topological polar surface area (TPSA) is 124 Å². The monoisotopic (exact) mass is 983 g/mol. The summed E-state index contributed by atoms with van der Waals surface area (Å²) in [6, 6.07) is 31.9. The Balaban J connectivity index is 0.948. The summed E-state index contributed by atoms with van der Waals surface area (Å²) in [6.45, 7) is 5.80. The average molecular weight is 983 g/mol. The van der Waals surface area contributed by atoms with Gasteiger partial charge in [-0.15, -0.1) is 0 Å². The van der Waals surface area contributed by atoms with Crippen LogP contribution in [-0.2, 0) is 0 Å². The van der Waals surface area contributed by atoms with Gasteiger partial charge in [0.2, 0.25) is 0 Å². The average Bonchev–Trinajstić information content (AvgIpc) is 3.40. The minimum absolute atomic E-state index is 0.128. The van der Waals surface area contributed by atoms with Gasteiger partial charge in [0.1, 0.15) is 34.5 Å². The Morgan fingerprint density at radius 3 is 0.889 bits per heavy atom. The summed E-state index contributed by atoms with van der Waals surface area (Å²) in [5, 5.41) is 0. The Labute approximate surface area is 429 Å². The van der Waals surface area contributed by atoms with Crippen molar-refractivity contribution in [2.75, 3.05) is 13.2 Å². The van der Waals surface area contributed by atoms with Crippen LogP contribution in [0.2, 0.25) is 0 Å². The van der Waals surface area contributed by atoms with Crippen LogP contribution in [0.1, 0.15) is 209 Å². The fraction of sp³-hybridized carbons (Fsp3) is 0.452. The van der Waals surface area contributed by atoms with Crippen LogP contribution in [0.3, 0.4) is 0 Å². The molecule has 10 heteroatoms. The molecule has 0 N–H and O–H groups in total. The molecule has 0 radical (unpaired) electrons. The molecule has 72 heavy (non-hydrogen) atoms. The predicted octanol–water partition coefficient (Wildman–Crippen LogP) is 16.7. The van der Waals surface area contributed by atoms with E-state index in [1.165, 1.54) is 189 Å². The highest BCUT2D eigenvalue weighted by Gasteiger charge is 2.16. The summed E-state index contributed by atoms with van der Waals surface area (Å²) in [5.41, 5.74) is 1.00. The molecule has 0 aliphatic heterocycles. The van der Waals surface area contributed by atoms with Crippen LogP contribution in [0.15, 0.2) is 121 Å². The van der Waals surface area contributed by atoms with Crippen LogP contribution in [0.25, 0.3) is 0 Å². The summed E-state index contributed by atoms with van der Waals surface area (Å²) < 4.78 is 33.9. The molecule has 0 saturated heterocycles. The smallest absolute Gasteiger partial charge is 0.343 e. The van der Waals surface area contributed by atoms with Gasteiger partial charge in [-0.25, -0.2) is 19.2 Å². The number of hydrogen-bond acceptors (Lipinski definition) is 10. The van der Waals surface area contributed by atoms with Gasteiger partial charge in [0.25, 0.3) is 0 Å². The van der Waals surface area contributed by atoms with Gasteiger partial charge in [-0.05, 0) is 128 Å². The standard InChI is InChI=1S/C62H78O10/c1-3-5-7-9-11-13-15-17-19-21-23-25-46-67-53-36-30-49(31-37-53)59(63)69-55-38-34-51(35-39-55)61(65)72-58-29-27-28-52(48-58)62(66)71-56-40-32-50(33-41-56)60(64)70-57-44-42-54(43-45-57)68-47-26-24-22-20-18-16-14-12-10-8-6-4-2/h27-45,48H,3-26,46-47H2,1-2H3. The lowest BCUT2D eigenvalue weighted by atomic mass is 10.1. The van der Waals surface area contributed by atoms with E-state index >= 15 is 0 Å². The third-order valence-electron chi connectivity index (χ3n) is 12.5. The molecule has 0 fully saturated rings. The third kappa shape index (κ3) is 22.3. The zero-order valence-corrected chi connectivity index (χ0v) is 43.0. The van der Waals surface area contributed by atoms with Crippen molar-refractivity contribution < 1.29 is 47.6 Å². The number of unbranched alkanes of at least 4 members (excludes halogenated alkanes) is 22. The van der Waals surface area contributed by atoms with E-state index in [0.29, 0.717) is 30.3 Å². The molecule has 0 aliphatic rings. The Hall–Kier alpha value is -6.42. The van der Waals surface area contributed by atoms with Gasteiger partial charge >= 0.3 is 23.9 Å². The first-order chi connectivity index (χ1) is 35.3. The molecule has 0 aromatic heterocycles. The number of esters is 4. The summed E-state index contributed by atoms with van der Waals surface area (Å²) in [4.78, 5) is 51.8. The molecule has 5 aromatic carbocycles. The van der Waals surface area contributed by atoms with E-state index in [9.17, 15) is 19.2 Å². The number of carbonyl (C=O) groups is 4. The van der Waals surface area contributed by atoms with Crippen molar-refractivity contribution in [1.82, 2.24) is 0 Å². The van der Waals surface area contributed by atoms with Crippen LogP contribution in [-0.4, -0.2) is 37.1 Å². The second-order valence-electron chi connectivity index (χ2n) is 18.6. The molecule has 0 bridgehead atoms. The van der Waals surface area contributed by atoms with E-state index < -0.39 is 23.9 Å². The zero-order chi connectivity index (χ0) is 50.9. The third-order valence-corrected chi connectivity index (χ3v) is 12.5. The molecule has 0 amide bonds. The number of benzene rings is 5. The first-order valence-corrected chi connectivity index (χ1v) is 27.0. The maximum atomic E-state index is 13.1. The fourth-order valence-corrected chi connectivity index (χ4v) is 8.23. The first kappa shape index (κ1) is 56.5. The molecule has 5 rings (SSSR count). The van der Waals surface area contributed by atoms with Crippen molar-refractivity contribution >= 4 is 23.9 Å². The minimum Gasteiger partial charge on any atom is -0.494 e. The largest absolute Gasteiger partial charge is 0.494 e. The molecule has 0 saturated carbocycles. The van der Waals surface area contributed by atoms with Gasteiger partial charge in [-0.2, -0.15) is 0 Å². The molecule has 0 unspecified atom stereocenters. The quantitative estimate of drug-likeness (QED) is 0.0218. The summed E-state index contributed by atoms with van der Waals surface area (Å²) in [7, 11) is 0. The van der Waals surface area contributed by atoms with E-state index in [1.54, 1.807) is 60.7 Å². The molecule has 386 valence electrons. The molecule has 5 aromatic rings. The fourth-order valence-electron chi connectivity index (χ4n) is 8.23. The van der Waals surface area contributed by atoms with Crippen molar-refractivity contribution in [1.29, 1.82) is 0 Å². The van der Waals surface area contributed by atoms with Gasteiger partial charge in [0.05, 0.1) is 35.5 Å². The molecule has 0 heterocycles. The highest BCUT2D eigenvalue weighted by molar-refractivity contribution is 5.95. The molecular weight excluding hydrogens is 905 g/mol. The predicted molar refractivity (Wildman–Crippen MR) is 285 cm³/mol. The van der Waals surface area contributed by atoms with Crippen molar-refractivity contribution in [3.8, 4) is 34.5 Å². The molecule has 0 atom stereocenters. The second kappa shape index (κ2) is 34.0. The van der Waals surface area contributed by atoms with Crippen LogP contribution in [0.4, 0.5) is 0 Å². The molecule has 0 spiro atoms. The zero-order valence-electron chi connectivity index (χ0n) is 43.0. The van der Waals surface area contributed by atoms with Crippen molar-refractivity contribution in [2.24, 2.45) is 0 Å². The minimum atomic E-state index is -0.688. The van der Waals surface area contributed by atoms with E-state index in [4.69, 9.17) is 28.4 Å². The van der Waals surface area contributed by atoms with E-state index in [0.717, 1.165) is 31.4 Å². The van der Waals surface area contributed by atoms with E-state index in [1.807, 2.05) is 0 Å². The van der Waals surface area contributed by atoms with Crippen LogP contribution >= 0.6 is 0 Å². The summed E-state index contributed by atoms with van der Waals surface area (Å²) in [6.07, 6.45) is 31.0. The van der Waals surface area contributed by atoms with E-state index in [2.05, 4.69) is 13.8 Å². The lowest BCUT2D eigenvalue weighted by Crippen LogP contribution is -2.12. The van der Waals surface area contributed by atoms with E-state index in [-0.39, 0.29) is 33.9 Å². The van der Waals surface area contributed by atoms with Crippen LogP contribution in [0, 0.1) is 0 Å². The van der Waals surface area contributed by atoms with Gasteiger partial charge in [-0.3, -0.25) is 0 Å². The number of rotatable bonds is 36. The van der Waals surface area contributed by atoms with Crippen LogP contribution in [0.5, 0.6) is 34.5 Å². The number of hydrogen-bond donors (Lipinski definition) is 0. The summed E-state index contributed by atoms with van der Waals surface area (Å²) >= 11 is 0. The Kier molecular flexibility index (Phi) is 26.7. The normalized spacial score (nSPS) is 10.9. The maximum absolute atomic E-state index is 13.1. The van der Waals surface area contributed by atoms with Gasteiger partial charge in [0, 0.05) is 0 Å². The van der Waals surface area contributed by atoms with Gasteiger partial charge in [0.15, 0.2) is 0 Å². The van der Waals surface area contributed by atoms with Crippen LogP contribution < -0.4 is 28.4 Å². The van der Waals surface area contributed by atoms with Crippen molar-refractivity contribution in [3.63, 3.8) is 0 Å². The van der Waals surface area contributed by atoms with Crippen molar-refractivity contribution in [3.05, 3.63) is 144 Å². The van der Waals surface area contributed by atoms with Gasteiger partial charge in [-0.1, -0.05) is 161 Å². The first-order valence-electron chi connectivity index (χ1n) is 27.0. The molecular formula is C62H78O10. The Morgan fingerprint density at radius 2 is 0.542 bits per heavy atom. The number of carbonyl (C=O) groups excluding carboxylic acids is 4. The Bertz CT molecular complexity index is 2300. The maximum Gasteiger partial charge on any atom is 0.343 e.